The Balaban J connectivity index is 2.30. The third-order valence-corrected chi connectivity index (χ3v) is 3.18. The van der Waals surface area contributed by atoms with Crippen molar-refractivity contribution in [3.8, 4) is 0 Å². The van der Waals surface area contributed by atoms with Crippen LogP contribution in [0, 0.1) is 0 Å². The summed E-state index contributed by atoms with van der Waals surface area (Å²) in [5, 5.41) is 6.49. The first-order valence-corrected chi connectivity index (χ1v) is 5.92. The molecule has 7 heteroatoms. The largest absolute Gasteiger partial charge is 0.374 e. The molecule has 1 aliphatic rings. The van der Waals surface area contributed by atoms with Gasteiger partial charge >= 0.3 is 0 Å². The van der Waals surface area contributed by atoms with Crippen LogP contribution in [0.4, 0.5) is 0 Å². The summed E-state index contributed by atoms with van der Waals surface area (Å²) in [5.41, 5.74) is 14.5. The van der Waals surface area contributed by atoms with Crippen molar-refractivity contribution >= 4 is 5.91 Å². The van der Waals surface area contributed by atoms with Crippen molar-refractivity contribution < 1.29 is 9.53 Å². The first-order chi connectivity index (χ1) is 9.20. The molecule has 0 saturated carbocycles. The molecule has 100 valence electrons. The van der Waals surface area contributed by atoms with Gasteiger partial charge in [-0.05, 0) is 16.7 Å². The minimum absolute atomic E-state index is 0.176. The Labute approximate surface area is 110 Å². The van der Waals surface area contributed by atoms with Crippen molar-refractivity contribution in [2.24, 2.45) is 10.8 Å². The molecule has 1 heterocycles. The number of hydrogen-bond donors (Lipinski definition) is 2. The molecule has 1 amide bonds. The van der Waals surface area contributed by atoms with Crippen molar-refractivity contribution in [1.29, 1.82) is 0 Å². The molecule has 0 aromatic heterocycles. The van der Waals surface area contributed by atoms with E-state index in [1.807, 2.05) is 24.3 Å². The standard InChI is InChI=1S/C12H15N5O2/c13-11(18)12(15-5-6-16-17-14)8-19-7-9-3-1-2-4-10(9)12/h1-4,15H,5-8H2,(H2,13,18). The van der Waals surface area contributed by atoms with Crippen LogP contribution >= 0.6 is 0 Å². The van der Waals surface area contributed by atoms with E-state index in [0.717, 1.165) is 11.1 Å². The summed E-state index contributed by atoms with van der Waals surface area (Å²) in [6.45, 7) is 1.23. The number of carbonyl (C=O) groups is 1. The molecule has 1 aromatic carbocycles. The second kappa shape index (κ2) is 5.71. The predicted molar refractivity (Wildman–Crippen MR) is 69.0 cm³/mol. The number of fused-ring (bicyclic) bond motifs is 1. The van der Waals surface area contributed by atoms with Gasteiger partial charge in [0, 0.05) is 18.0 Å². The quantitative estimate of drug-likeness (QED) is 0.353. The lowest BCUT2D eigenvalue weighted by Gasteiger charge is -2.37. The Kier molecular flexibility index (Phi) is 4.01. The van der Waals surface area contributed by atoms with Crippen LogP contribution in [0.1, 0.15) is 11.1 Å². The van der Waals surface area contributed by atoms with Crippen LogP contribution < -0.4 is 11.1 Å². The fourth-order valence-electron chi connectivity index (χ4n) is 2.26. The van der Waals surface area contributed by atoms with Gasteiger partial charge in [0.2, 0.25) is 5.91 Å². The lowest BCUT2D eigenvalue weighted by molar-refractivity contribution is -0.129. The Morgan fingerprint density at radius 1 is 1.58 bits per heavy atom. The van der Waals surface area contributed by atoms with Gasteiger partial charge in [0.15, 0.2) is 0 Å². The predicted octanol–water partition coefficient (Wildman–Crippen LogP) is 0.797. The number of nitrogens with two attached hydrogens (primary N) is 1. The van der Waals surface area contributed by atoms with Gasteiger partial charge in [0.25, 0.3) is 0 Å². The summed E-state index contributed by atoms with van der Waals surface area (Å²) < 4.78 is 5.46. The summed E-state index contributed by atoms with van der Waals surface area (Å²) in [6, 6.07) is 7.51. The zero-order valence-electron chi connectivity index (χ0n) is 10.4. The second-order valence-electron chi connectivity index (χ2n) is 4.30. The highest BCUT2D eigenvalue weighted by atomic mass is 16.5. The number of ether oxygens (including phenoxy) is 1. The highest BCUT2D eigenvalue weighted by Crippen LogP contribution is 2.30. The zero-order valence-corrected chi connectivity index (χ0v) is 10.4. The van der Waals surface area contributed by atoms with E-state index in [9.17, 15) is 4.79 Å². The minimum atomic E-state index is -1.06. The van der Waals surface area contributed by atoms with Crippen LogP contribution in [0.5, 0.6) is 0 Å². The molecule has 3 N–H and O–H groups in total. The molecule has 19 heavy (non-hydrogen) atoms. The molecule has 1 atom stereocenters. The van der Waals surface area contributed by atoms with E-state index in [1.54, 1.807) is 0 Å². The number of azide groups is 1. The lowest BCUT2D eigenvalue weighted by Crippen LogP contribution is -2.58. The van der Waals surface area contributed by atoms with Gasteiger partial charge in [-0.25, -0.2) is 0 Å². The van der Waals surface area contributed by atoms with Crippen LogP contribution in [-0.2, 0) is 21.7 Å². The van der Waals surface area contributed by atoms with E-state index in [4.69, 9.17) is 16.0 Å². The van der Waals surface area contributed by atoms with Gasteiger partial charge in [0.1, 0.15) is 5.54 Å². The van der Waals surface area contributed by atoms with Crippen LogP contribution in [-0.4, -0.2) is 25.6 Å². The van der Waals surface area contributed by atoms with Crippen molar-refractivity contribution in [3.05, 3.63) is 45.8 Å². The molecular weight excluding hydrogens is 246 g/mol. The molecule has 1 aliphatic heterocycles. The number of rotatable bonds is 5. The Morgan fingerprint density at radius 2 is 2.37 bits per heavy atom. The third kappa shape index (κ3) is 2.53. The van der Waals surface area contributed by atoms with Crippen LogP contribution in [0.25, 0.3) is 10.4 Å². The van der Waals surface area contributed by atoms with Gasteiger partial charge in [-0.1, -0.05) is 29.4 Å². The first-order valence-electron chi connectivity index (χ1n) is 5.92. The molecule has 0 fully saturated rings. The number of benzene rings is 1. The maximum absolute atomic E-state index is 11.9. The SMILES string of the molecule is [N-]=[N+]=NCCNC1(C(N)=O)COCc2ccccc21. The monoisotopic (exact) mass is 261 g/mol. The molecule has 0 aliphatic carbocycles. The van der Waals surface area contributed by atoms with Crippen molar-refractivity contribution in [2.75, 3.05) is 19.7 Å². The summed E-state index contributed by atoms with van der Waals surface area (Å²) in [4.78, 5) is 14.5. The molecule has 1 aromatic rings. The first kappa shape index (κ1) is 13.4. The maximum atomic E-state index is 11.9. The number of hydrogen-bond acceptors (Lipinski definition) is 4. The fraction of sp³-hybridized carbons (Fsp3) is 0.417. The molecule has 0 spiro atoms. The fourth-order valence-corrected chi connectivity index (χ4v) is 2.26. The van der Waals surface area contributed by atoms with Gasteiger partial charge in [0.05, 0.1) is 13.2 Å². The van der Waals surface area contributed by atoms with E-state index in [-0.39, 0.29) is 13.2 Å². The second-order valence-corrected chi connectivity index (χ2v) is 4.30. The number of nitrogens with zero attached hydrogens (tertiary/aromatic N) is 3. The summed E-state index contributed by atoms with van der Waals surface area (Å²) >= 11 is 0. The van der Waals surface area contributed by atoms with E-state index < -0.39 is 11.4 Å². The number of amides is 1. The average Bonchev–Trinajstić information content (AvgIpc) is 2.43. The van der Waals surface area contributed by atoms with Crippen molar-refractivity contribution in [2.45, 2.75) is 12.1 Å². The smallest absolute Gasteiger partial charge is 0.244 e. The molecule has 0 saturated heterocycles. The topological polar surface area (TPSA) is 113 Å². The molecular formula is C12H15N5O2. The summed E-state index contributed by atoms with van der Waals surface area (Å²) in [7, 11) is 0. The maximum Gasteiger partial charge on any atom is 0.244 e. The summed E-state index contributed by atoms with van der Waals surface area (Å²) in [6.07, 6.45) is 0. The molecule has 2 rings (SSSR count). The summed E-state index contributed by atoms with van der Waals surface area (Å²) in [5.74, 6) is -0.499. The third-order valence-electron chi connectivity index (χ3n) is 3.18. The zero-order chi connectivity index (χ0) is 13.7. The number of nitrogens with one attached hydrogen (secondary N) is 1. The van der Waals surface area contributed by atoms with Crippen LogP contribution in [0.2, 0.25) is 0 Å². The number of primary amides is 1. The highest BCUT2D eigenvalue weighted by Gasteiger charge is 2.42. The molecule has 0 bridgehead atoms. The highest BCUT2D eigenvalue weighted by molar-refractivity contribution is 5.87. The van der Waals surface area contributed by atoms with Gasteiger partial charge in [-0.15, -0.1) is 0 Å². The van der Waals surface area contributed by atoms with Crippen molar-refractivity contribution in [1.82, 2.24) is 5.32 Å². The molecule has 0 radical (unpaired) electrons. The average molecular weight is 261 g/mol. The van der Waals surface area contributed by atoms with E-state index in [0.29, 0.717) is 13.2 Å². The van der Waals surface area contributed by atoms with Crippen LogP contribution in [0.3, 0.4) is 0 Å². The molecule has 1 unspecified atom stereocenters. The normalized spacial score (nSPS) is 21.3. The molecule has 7 nitrogen and oxygen atoms in total. The minimum Gasteiger partial charge on any atom is -0.374 e. The lowest BCUT2D eigenvalue weighted by atomic mass is 9.84. The van der Waals surface area contributed by atoms with Crippen LogP contribution in [0.15, 0.2) is 29.4 Å². The van der Waals surface area contributed by atoms with Gasteiger partial charge in [-0.3, -0.25) is 10.1 Å². The van der Waals surface area contributed by atoms with E-state index in [2.05, 4.69) is 15.3 Å². The van der Waals surface area contributed by atoms with Gasteiger partial charge < -0.3 is 10.5 Å². The Bertz CT molecular complexity index is 527. The number of carbonyl (C=O) groups excluding carboxylic acids is 1. The van der Waals surface area contributed by atoms with Crippen molar-refractivity contribution in [3.63, 3.8) is 0 Å². The van der Waals surface area contributed by atoms with Gasteiger partial charge in [-0.2, -0.15) is 0 Å². The Morgan fingerprint density at radius 3 is 3.11 bits per heavy atom. The van der Waals surface area contributed by atoms with E-state index >= 15 is 0 Å². The van der Waals surface area contributed by atoms with E-state index in [1.165, 1.54) is 0 Å². The Hall–Kier alpha value is -2.08.